The number of aliphatic hydroxyl groups excluding tert-OH is 2. The van der Waals surface area contributed by atoms with Crippen molar-refractivity contribution in [3.63, 3.8) is 0 Å². The smallest absolute Gasteiger partial charge is 0.206 e. The average Bonchev–Trinajstić information content (AvgIpc) is 3.16. The van der Waals surface area contributed by atoms with Crippen LogP contribution in [0.1, 0.15) is 11.1 Å². The third-order valence-electron chi connectivity index (χ3n) is 9.52. The van der Waals surface area contributed by atoms with Crippen molar-refractivity contribution in [2.75, 3.05) is 78.7 Å². The van der Waals surface area contributed by atoms with Gasteiger partial charge in [-0.3, -0.25) is 19.6 Å². The van der Waals surface area contributed by atoms with Crippen molar-refractivity contribution in [3.8, 4) is 11.5 Å². The normalized spacial score (nSPS) is 17.9. The highest BCUT2D eigenvalue weighted by Gasteiger charge is 2.22. The maximum Gasteiger partial charge on any atom is 0.206 e. The number of nitrogens with zero attached hydrogens (tertiary/aromatic N) is 4. The number of piperazine rings is 2. The summed E-state index contributed by atoms with van der Waals surface area (Å²) in [7, 11) is -3.75. The van der Waals surface area contributed by atoms with Gasteiger partial charge in [-0.05, 0) is 59.7 Å². The highest BCUT2D eigenvalue weighted by atomic mass is 32.2. The molecule has 4 aromatic carbocycles. The first-order chi connectivity index (χ1) is 24.8. The molecule has 2 aliphatic rings. The molecule has 6 rings (SSSR count). The zero-order valence-electron chi connectivity index (χ0n) is 29.2. The summed E-state index contributed by atoms with van der Waals surface area (Å²) in [5, 5.41) is 21.2. The van der Waals surface area contributed by atoms with Crippen molar-refractivity contribution in [2.24, 2.45) is 0 Å². The number of ether oxygens (including phenoxy) is 2. The maximum atomic E-state index is 13.3. The molecule has 11 heteroatoms. The lowest BCUT2D eigenvalue weighted by atomic mass is 10.2. The molecule has 0 saturated carbocycles. The van der Waals surface area contributed by atoms with E-state index in [2.05, 4.69) is 68.1 Å². The first kappa shape index (κ1) is 37.0. The fraction of sp³-hybridized carbons (Fsp3) is 0.400. The van der Waals surface area contributed by atoms with Crippen LogP contribution in [0.4, 0.5) is 0 Å². The number of rotatable bonds is 16. The van der Waals surface area contributed by atoms with Crippen LogP contribution >= 0.6 is 0 Å². The minimum absolute atomic E-state index is 0.123. The SMILES string of the molecule is O=S(=O)(c1ccc(OC[C@H](O)CN2CCN(Cc3ccccc3)CC2)cc1)c1ccc(OC[C@H](O)CN2CCN(Cc3ccccc3)CC2)cc1. The third-order valence-corrected chi connectivity index (χ3v) is 11.3. The summed E-state index contributed by atoms with van der Waals surface area (Å²) in [6, 6.07) is 33.4. The number of β-amino-alcohol motifs (C(OH)–C–C–N with tert-alkyl or cyclic N) is 2. The molecule has 4 aromatic rings. The van der Waals surface area contributed by atoms with E-state index in [1.54, 1.807) is 24.3 Å². The van der Waals surface area contributed by atoms with E-state index >= 15 is 0 Å². The van der Waals surface area contributed by atoms with Crippen LogP contribution in [-0.2, 0) is 22.9 Å². The largest absolute Gasteiger partial charge is 0.491 e. The topological polar surface area (TPSA) is 106 Å². The second-order valence-electron chi connectivity index (χ2n) is 13.5. The second-order valence-corrected chi connectivity index (χ2v) is 15.5. The summed E-state index contributed by atoms with van der Waals surface area (Å²) in [5.41, 5.74) is 2.62. The summed E-state index contributed by atoms with van der Waals surface area (Å²) >= 11 is 0. The van der Waals surface area contributed by atoms with Crippen LogP contribution in [0.25, 0.3) is 0 Å². The molecule has 0 radical (unpaired) electrons. The second kappa shape index (κ2) is 18.1. The quantitative estimate of drug-likeness (QED) is 0.179. The molecule has 0 bridgehead atoms. The van der Waals surface area contributed by atoms with Crippen LogP contribution in [-0.4, -0.2) is 129 Å². The van der Waals surface area contributed by atoms with Gasteiger partial charge < -0.3 is 19.7 Å². The first-order valence-corrected chi connectivity index (χ1v) is 19.3. The molecule has 2 atom stereocenters. The molecule has 51 heavy (non-hydrogen) atoms. The minimum atomic E-state index is -3.75. The molecule has 0 amide bonds. The summed E-state index contributed by atoms with van der Waals surface area (Å²) < 4.78 is 38.2. The van der Waals surface area contributed by atoms with Gasteiger partial charge >= 0.3 is 0 Å². The van der Waals surface area contributed by atoms with Gasteiger partial charge in [-0.15, -0.1) is 0 Å². The number of aliphatic hydroxyl groups is 2. The Balaban J connectivity index is 0.886. The predicted octanol–water partition coefficient (Wildman–Crippen LogP) is 3.63. The Hall–Kier alpha value is -3.81. The number of hydrogen-bond acceptors (Lipinski definition) is 10. The highest BCUT2D eigenvalue weighted by molar-refractivity contribution is 7.91. The Kier molecular flexibility index (Phi) is 13.1. The number of hydrogen-bond donors (Lipinski definition) is 2. The van der Waals surface area contributed by atoms with Gasteiger partial charge in [-0.1, -0.05) is 60.7 Å². The van der Waals surface area contributed by atoms with Crippen molar-refractivity contribution in [1.82, 2.24) is 19.6 Å². The standard InChI is InChI=1S/C40H50N4O6S/c45-35(29-43-23-19-41(20-24-43)27-33-7-3-1-4-8-33)31-49-37-11-15-39(16-12-37)51(47,48)40-17-13-38(14-18-40)50-32-36(46)30-44-25-21-42(22-26-44)28-34-9-5-2-6-10-34/h1-18,35-36,45-46H,19-32H2/t35-,36-/m1/s1. The summed E-state index contributed by atoms with van der Waals surface area (Å²) in [5.74, 6) is 0.995. The molecule has 0 spiro atoms. The third kappa shape index (κ3) is 11.1. The van der Waals surface area contributed by atoms with Gasteiger partial charge in [0.25, 0.3) is 0 Å². The van der Waals surface area contributed by atoms with Crippen LogP contribution in [0.2, 0.25) is 0 Å². The van der Waals surface area contributed by atoms with Gasteiger partial charge in [0, 0.05) is 78.5 Å². The fourth-order valence-corrected chi connectivity index (χ4v) is 7.86. The molecule has 0 aromatic heterocycles. The average molecular weight is 715 g/mol. The zero-order chi connectivity index (χ0) is 35.5. The highest BCUT2D eigenvalue weighted by Crippen LogP contribution is 2.25. The van der Waals surface area contributed by atoms with Crippen molar-refractivity contribution in [3.05, 3.63) is 120 Å². The van der Waals surface area contributed by atoms with E-state index in [-0.39, 0.29) is 23.0 Å². The molecule has 2 aliphatic heterocycles. The lowest BCUT2D eigenvalue weighted by Crippen LogP contribution is -2.48. The van der Waals surface area contributed by atoms with Crippen molar-refractivity contribution in [2.45, 2.75) is 35.1 Å². The Morgan fingerprint density at radius 1 is 0.490 bits per heavy atom. The Bertz CT molecular complexity index is 1590. The van der Waals surface area contributed by atoms with Gasteiger partial charge in [0.1, 0.15) is 36.9 Å². The Labute approximate surface area is 302 Å². The van der Waals surface area contributed by atoms with Crippen LogP contribution in [0.15, 0.2) is 119 Å². The predicted molar refractivity (Wildman–Crippen MR) is 198 cm³/mol. The molecule has 272 valence electrons. The van der Waals surface area contributed by atoms with Gasteiger partial charge in [0.15, 0.2) is 0 Å². The Morgan fingerprint density at radius 3 is 1.18 bits per heavy atom. The number of sulfone groups is 1. The molecule has 2 heterocycles. The van der Waals surface area contributed by atoms with Crippen LogP contribution in [0.3, 0.4) is 0 Å². The molecule has 2 saturated heterocycles. The van der Waals surface area contributed by atoms with Crippen molar-refractivity contribution >= 4 is 9.84 Å². The number of benzene rings is 4. The lowest BCUT2D eigenvalue weighted by Gasteiger charge is -2.35. The summed E-state index contributed by atoms with van der Waals surface area (Å²) in [4.78, 5) is 9.65. The van der Waals surface area contributed by atoms with E-state index in [0.717, 1.165) is 65.4 Å². The van der Waals surface area contributed by atoms with E-state index in [4.69, 9.17) is 9.47 Å². The van der Waals surface area contributed by atoms with Crippen molar-refractivity contribution < 1.29 is 28.1 Å². The van der Waals surface area contributed by atoms with Gasteiger partial charge in [-0.25, -0.2) is 8.42 Å². The molecule has 10 nitrogen and oxygen atoms in total. The van der Waals surface area contributed by atoms with E-state index < -0.39 is 22.0 Å². The van der Waals surface area contributed by atoms with E-state index in [1.165, 1.54) is 35.4 Å². The van der Waals surface area contributed by atoms with Gasteiger partial charge in [-0.2, -0.15) is 0 Å². The lowest BCUT2D eigenvalue weighted by molar-refractivity contribution is 0.0445. The molecular formula is C40H50N4O6S. The molecule has 2 N–H and O–H groups in total. The van der Waals surface area contributed by atoms with Gasteiger partial charge in [0.2, 0.25) is 9.84 Å². The van der Waals surface area contributed by atoms with Gasteiger partial charge in [0.05, 0.1) is 9.79 Å². The zero-order valence-corrected chi connectivity index (χ0v) is 30.0. The minimum Gasteiger partial charge on any atom is -0.491 e. The molecule has 0 unspecified atom stereocenters. The van der Waals surface area contributed by atoms with Crippen LogP contribution in [0.5, 0.6) is 11.5 Å². The molecule has 0 aliphatic carbocycles. The maximum absolute atomic E-state index is 13.3. The Morgan fingerprint density at radius 2 is 0.824 bits per heavy atom. The van der Waals surface area contributed by atoms with Crippen LogP contribution < -0.4 is 9.47 Å². The van der Waals surface area contributed by atoms with E-state index in [0.29, 0.717) is 24.6 Å². The van der Waals surface area contributed by atoms with E-state index in [1.807, 2.05) is 12.1 Å². The van der Waals surface area contributed by atoms with Crippen LogP contribution in [0, 0.1) is 0 Å². The molecular weight excluding hydrogens is 665 g/mol. The first-order valence-electron chi connectivity index (χ1n) is 17.8. The fourth-order valence-electron chi connectivity index (χ4n) is 6.60. The summed E-state index contributed by atoms with van der Waals surface area (Å²) in [6.07, 6.45) is -1.31. The van der Waals surface area contributed by atoms with Crippen molar-refractivity contribution in [1.29, 1.82) is 0 Å². The molecule has 2 fully saturated rings. The monoisotopic (exact) mass is 714 g/mol. The summed E-state index contributed by atoms with van der Waals surface area (Å²) in [6.45, 7) is 10.5. The van der Waals surface area contributed by atoms with E-state index in [9.17, 15) is 18.6 Å².